The van der Waals surface area contributed by atoms with Gasteiger partial charge in [0.05, 0.1) is 6.54 Å². The van der Waals surface area contributed by atoms with Gasteiger partial charge in [0.2, 0.25) is 5.91 Å². The highest BCUT2D eigenvalue weighted by molar-refractivity contribution is 6.30. The summed E-state index contributed by atoms with van der Waals surface area (Å²) in [5.74, 6) is 0.595. The fourth-order valence-corrected chi connectivity index (χ4v) is 2.42. The van der Waals surface area contributed by atoms with Crippen molar-refractivity contribution < 1.29 is 4.79 Å². The van der Waals surface area contributed by atoms with Crippen molar-refractivity contribution in [2.24, 2.45) is 11.7 Å². The normalized spacial score (nSPS) is 17.1. The Bertz CT molecular complexity index is 448. The molecule has 102 valence electrons. The van der Waals surface area contributed by atoms with Crippen LogP contribution in [0.5, 0.6) is 0 Å². The Morgan fingerprint density at radius 1 is 1.32 bits per heavy atom. The zero-order valence-corrected chi connectivity index (χ0v) is 11.6. The van der Waals surface area contributed by atoms with Crippen LogP contribution in [-0.4, -0.2) is 30.4 Å². The van der Waals surface area contributed by atoms with Gasteiger partial charge in [-0.2, -0.15) is 0 Å². The topological polar surface area (TPSA) is 46.3 Å². The van der Waals surface area contributed by atoms with Crippen LogP contribution in [0.3, 0.4) is 0 Å². The largest absolute Gasteiger partial charge is 0.342 e. The van der Waals surface area contributed by atoms with E-state index in [-0.39, 0.29) is 12.5 Å². The predicted octanol–water partition coefficient (Wildman–Crippen LogP) is 2.55. The van der Waals surface area contributed by atoms with E-state index in [0.29, 0.717) is 5.92 Å². The molecule has 0 saturated carbocycles. The van der Waals surface area contributed by atoms with Gasteiger partial charge in [-0.05, 0) is 36.5 Å². The molecule has 19 heavy (non-hydrogen) atoms. The highest BCUT2D eigenvalue weighted by Gasteiger charge is 2.19. The third-order valence-electron chi connectivity index (χ3n) is 3.50. The first-order valence-corrected chi connectivity index (χ1v) is 6.98. The molecular formula is C15H19ClN2O. The summed E-state index contributed by atoms with van der Waals surface area (Å²) in [6.45, 7) is 1.74. The molecule has 1 saturated heterocycles. The summed E-state index contributed by atoms with van der Waals surface area (Å²) in [7, 11) is 0. The molecule has 2 N–H and O–H groups in total. The van der Waals surface area contributed by atoms with Gasteiger partial charge in [-0.25, -0.2) is 0 Å². The molecule has 1 amide bonds. The van der Waals surface area contributed by atoms with Crippen molar-refractivity contribution in [3.05, 3.63) is 40.9 Å². The van der Waals surface area contributed by atoms with Crippen LogP contribution in [0.15, 0.2) is 30.3 Å². The summed E-state index contributed by atoms with van der Waals surface area (Å²) in [6.07, 6.45) is 6.38. The van der Waals surface area contributed by atoms with E-state index in [1.807, 2.05) is 29.2 Å². The van der Waals surface area contributed by atoms with E-state index in [2.05, 4.69) is 12.2 Å². The first kappa shape index (κ1) is 14.1. The van der Waals surface area contributed by atoms with Crippen molar-refractivity contribution in [1.29, 1.82) is 0 Å². The zero-order chi connectivity index (χ0) is 13.7. The average Bonchev–Trinajstić information content (AvgIpc) is 2.46. The van der Waals surface area contributed by atoms with E-state index in [4.69, 9.17) is 17.3 Å². The number of halogens is 1. The van der Waals surface area contributed by atoms with Gasteiger partial charge in [0.15, 0.2) is 0 Å². The van der Waals surface area contributed by atoms with Crippen LogP contribution < -0.4 is 5.73 Å². The Balaban J connectivity index is 1.85. The lowest BCUT2D eigenvalue weighted by Gasteiger charge is -2.30. The van der Waals surface area contributed by atoms with E-state index < -0.39 is 0 Å². The highest BCUT2D eigenvalue weighted by Crippen LogP contribution is 2.20. The summed E-state index contributed by atoms with van der Waals surface area (Å²) >= 11 is 5.85. The molecule has 1 aromatic carbocycles. The van der Waals surface area contributed by atoms with Gasteiger partial charge in [-0.3, -0.25) is 4.79 Å². The minimum Gasteiger partial charge on any atom is -0.342 e. The van der Waals surface area contributed by atoms with Crippen LogP contribution in [0.2, 0.25) is 5.02 Å². The maximum atomic E-state index is 11.5. The Hall–Kier alpha value is -1.32. The Kier molecular flexibility index (Phi) is 5.00. The zero-order valence-electron chi connectivity index (χ0n) is 10.9. The summed E-state index contributed by atoms with van der Waals surface area (Å²) in [4.78, 5) is 13.3. The van der Waals surface area contributed by atoms with E-state index in [0.717, 1.165) is 36.5 Å². The number of nitrogens with two attached hydrogens (primary N) is 1. The van der Waals surface area contributed by atoms with Gasteiger partial charge >= 0.3 is 0 Å². The second-order valence-corrected chi connectivity index (χ2v) is 5.27. The van der Waals surface area contributed by atoms with Crippen molar-refractivity contribution in [2.75, 3.05) is 19.6 Å². The monoisotopic (exact) mass is 278 g/mol. The molecule has 3 nitrogen and oxygen atoms in total. The lowest BCUT2D eigenvalue weighted by atomic mass is 9.95. The van der Waals surface area contributed by atoms with Crippen molar-refractivity contribution in [3.63, 3.8) is 0 Å². The summed E-state index contributed by atoms with van der Waals surface area (Å²) in [5.41, 5.74) is 6.53. The molecule has 1 aromatic rings. The number of amides is 1. The quantitative estimate of drug-likeness (QED) is 0.924. The molecule has 0 spiro atoms. The molecule has 2 rings (SSSR count). The van der Waals surface area contributed by atoms with Crippen molar-refractivity contribution in [3.8, 4) is 0 Å². The molecule has 0 unspecified atom stereocenters. The van der Waals surface area contributed by atoms with Gasteiger partial charge < -0.3 is 10.6 Å². The molecule has 4 heteroatoms. The lowest BCUT2D eigenvalue weighted by molar-refractivity contribution is -0.130. The minimum absolute atomic E-state index is 0.0557. The van der Waals surface area contributed by atoms with Crippen molar-refractivity contribution in [1.82, 2.24) is 4.90 Å². The summed E-state index contributed by atoms with van der Waals surface area (Å²) in [5, 5.41) is 0.755. The molecule has 0 aliphatic carbocycles. The van der Waals surface area contributed by atoms with Crippen LogP contribution in [-0.2, 0) is 4.79 Å². The number of likely N-dealkylation sites (tertiary alicyclic amines) is 1. The second kappa shape index (κ2) is 6.73. The van der Waals surface area contributed by atoms with Crippen molar-refractivity contribution in [2.45, 2.75) is 12.8 Å². The number of hydrogen-bond acceptors (Lipinski definition) is 2. The number of nitrogens with zero attached hydrogens (tertiary/aromatic N) is 1. The van der Waals surface area contributed by atoms with Crippen LogP contribution in [0.25, 0.3) is 6.08 Å². The number of allylic oxidation sites excluding steroid dienone is 1. The van der Waals surface area contributed by atoms with Crippen LogP contribution in [0.1, 0.15) is 18.4 Å². The SMILES string of the molecule is NCC(=O)N1CCC(C=Cc2ccc(Cl)cc2)CC1. The van der Waals surface area contributed by atoms with E-state index in [1.54, 1.807) is 0 Å². The molecular weight excluding hydrogens is 260 g/mol. The first-order chi connectivity index (χ1) is 9.19. The van der Waals surface area contributed by atoms with Gasteiger partial charge in [0.25, 0.3) is 0 Å². The van der Waals surface area contributed by atoms with Gasteiger partial charge in [-0.15, -0.1) is 0 Å². The summed E-state index contributed by atoms with van der Waals surface area (Å²) < 4.78 is 0. The summed E-state index contributed by atoms with van der Waals surface area (Å²) in [6, 6.07) is 7.80. The molecule has 0 radical (unpaired) electrons. The predicted molar refractivity (Wildman–Crippen MR) is 78.8 cm³/mol. The van der Waals surface area contributed by atoms with Crippen LogP contribution in [0, 0.1) is 5.92 Å². The molecule has 1 aliphatic rings. The number of benzene rings is 1. The fourth-order valence-electron chi connectivity index (χ4n) is 2.29. The van der Waals surface area contributed by atoms with Gasteiger partial charge in [-0.1, -0.05) is 35.9 Å². The molecule has 0 aromatic heterocycles. The Morgan fingerprint density at radius 3 is 2.53 bits per heavy atom. The number of piperidine rings is 1. The van der Waals surface area contributed by atoms with E-state index in [1.165, 1.54) is 0 Å². The molecule has 1 aliphatic heterocycles. The number of rotatable bonds is 3. The Morgan fingerprint density at radius 2 is 1.95 bits per heavy atom. The first-order valence-electron chi connectivity index (χ1n) is 6.60. The lowest BCUT2D eigenvalue weighted by Crippen LogP contribution is -2.41. The average molecular weight is 279 g/mol. The van der Waals surface area contributed by atoms with Gasteiger partial charge in [0, 0.05) is 18.1 Å². The van der Waals surface area contributed by atoms with Crippen molar-refractivity contribution >= 4 is 23.6 Å². The minimum atomic E-state index is 0.0557. The standard InChI is InChI=1S/C15H19ClN2O/c16-14-5-3-12(4-6-14)1-2-13-7-9-18(10-8-13)15(19)11-17/h1-6,13H,7-11,17H2. The third kappa shape index (κ3) is 4.08. The van der Waals surface area contributed by atoms with Gasteiger partial charge in [0.1, 0.15) is 0 Å². The molecule has 1 fully saturated rings. The number of hydrogen-bond donors (Lipinski definition) is 1. The van der Waals surface area contributed by atoms with Crippen LogP contribution >= 0.6 is 11.6 Å². The highest BCUT2D eigenvalue weighted by atomic mass is 35.5. The van der Waals surface area contributed by atoms with E-state index >= 15 is 0 Å². The molecule has 0 bridgehead atoms. The smallest absolute Gasteiger partial charge is 0.236 e. The molecule has 0 atom stereocenters. The number of carbonyl (C=O) groups is 1. The molecule has 1 heterocycles. The third-order valence-corrected chi connectivity index (χ3v) is 3.75. The Labute approximate surface area is 119 Å². The van der Waals surface area contributed by atoms with E-state index in [9.17, 15) is 4.79 Å². The maximum Gasteiger partial charge on any atom is 0.236 e. The maximum absolute atomic E-state index is 11.5. The van der Waals surface area contributed by atoms with Crippen LogP contribution in [0.4, 0.5) is 0 Å². The second-order valence-electron chi connectivity index (χ2n) is 4.83. The fraction of sp³-hybridized carbons (Fsp3) is 0.400. The number of carbonyl (C=O) groups excluding carboxylic acids is 1.